The fourth-order valence-electron chi connectivity index (χ4n) is 3.56. The first-order valence-electron chi connectivity index (χ1n) is 10.9. The minimum absolute atomic E-state index is 0.00132. The van der Waals surface area contributed by atoms with Gasteiger partial charge in [-0.05, 0) is 44.4 Å². The maximum absolute atomic E-state index is 12.6. The van der Waals surface area contributed by atoms with Gasteiger partial charge in [-0.15, -0.1) is 5.10 Å². The smallest absolute Gasteiger partial charge is 0.227 e. The molecule has 1 N–H and O–H groups in total. The number of hydrogen-bond donors (Lipinski definition) is 1. The minimum atomic E-state index is -0.375. The van der Waals surface area contributed by atoms with Gasteiger partial charge >= 0.3 is 0 Å². The molecule has 1 atom stereocenters. The average Bonchev–Trinajstić information content (AvgIpc) is 3.15. The van der Waals surface area contributed by atoms with Gasteiger partial charge in [0.2, 0.25) is 11.1 Å². The second-order valence-corrected chi connectivity index (χ2v) is 8.66. The minimum Gasteiger partial charge on any atom is -0.493 e. The van der Waals surface area contributed by atoms with Crippen LogP contribution in [-0.2, 0) is 4.79 Å². The Bertz CT molecular complexity index is 954. The summed E-state index contributed by atoms with van der Waals surface area (Å²) in [4.78, 5) is 17.3. The third-order valence-corrected chi connectivity index (χ3v) is 6.12. The summed E-state index contributed by atoms with van der Waals surface area (Å²) in [7, 11) is 1.63. The standard InChI is InChI=1S/C23H32N4O3S/c1-6-8-12-30-18-11-10-17(14-19(18)29-5)21-20(16(4)28)15(3)24-22-25-23(26-27(21)22)31-13-9-7-2/h10-11,14,21H,6-9,12-13H2,1-5H3,(H,24,25,26). The van der Waals surface area contributed by atoms with Crippen LogP contribution in [0.15, 0.2) is 34.6 Å². The number of nitrogens with zero attached hydrogens (tertiary/aromatic N) is 3. The summed E-state index contributed by atoms with van der Waals surface area (Å²) in [6, 6.07) is 5.45. The second kappa shape index (κ2) is 10.7. The topological polar surface area (TPSA) is 78.3 Å². The van der Waals surface area contributed by atoms with Crippen LogP contribution < -0.4 is 14.8 Å². The summed E-state index contributed by atoms with van der Waals surface area (Å²) in [5.74, 6) is 2.96. The molecule has 1 aliphatic heterocycles. The van der Waals surface area contributed by atoms with Gasteiger partial charge in [0.1, 0.15) is 6.04 Å². The second-order valence-electron chi connectivity index (χ2n) is 7.60. The quantitative estimate of drug-likeness (QED) is 0.375. The van der Waals surface area contributed by atoms with Crippen LogP contribution in [0.4, 0.5) is 5.95 Å². The number of thioether (sulfide) groups is 1. The van der Waals surface area contributed by atoms with Crippen molar-refractivity contribution in [3.8, 4) is 11.5 Å². The molecule has 168 valence electrons. The van der Waals surface area contributed by atoms with E-state index in [4.69, 9.17) is 14.6 Å². The van der Waals surface area contributed by atoms with Crippen LogP contribution in [0.2, 0.25) is 0 Å². The summed E-state index contributed by atoms with van der Waals surface area (Å²) < 4.78 is 13.3. The van der Waals surface area contributed by atoms with E-state index in [9.17, 15) is 4.79 Å². The fraction of sp³-hybridized carbons (Fsp3) is 0.522. The number of ketones is 1. The van der Waals surface area contributed by atoms with Crippen LogP contribution in [0, 0.1) is 0 Å². The van der Waals surface area contributed by atoms with Crippen LogP contribution in [0.5, 0.6) is 11.5 Å². The zero-order valence-electron chi connectivity index (χ0n) is 19.0. The number of carbonyl (C=O) groups excluding carboxylic acids is 1. The van der Waals surface area contributed by atoms with Gasteiger partial charge in [0.15, 0.2) is 17.3 Å². The molecule has 1 unspecified atom stereocenters. The Kier molecular flexibility index (Phi) is 8.01. The van der Waals surface area contributed by atoms with Gasteiger partial charge in [-0.1, -0.05) is 44.5 Å². The largest absolute Gasteiger partial charge is 0.493 e. The van der Waals surface area contributed by atoms with Crippen LogP contribution >= 0.6 is 11.8 Å². The molecular weight excluding hydrogens is 412 g/mol. The van der Waals surface area contributed by atoms with Crippen LogP contribution in [0.3, 0.4) is 0 Å². The van der Waals surface area contributed by atoms with Crippen LogP contribution in [0.25, 0.3) is 0 Å². The lowest BCUT2D eigenvalue weighted by Crippen LogP contribution is -2.27. The molecule has 1 aromatic carbocycles. The summed E-state index contributed by atoms with van der Waals surface area (Å²) in [6.45, 7) is 8.43. The maximum Gasteiger partial charge on any atom is 0.227 e. The Hall–Kier alpha value is -2.48. The number of unbranched alkanes of at least 4 members (excludes halogenated alkanes) is 2. The Morgan fingerprint density at radius 3 is 2.68 bits per heavy atom. The molecule has 0 fully saturated rings. The van der Waals surface area contributed by atoms with Gasteiger partial charge in [-0.2, -0.15) is 4.98 Å². The number of benzene rings is 1. The maximum atomic E-state index is 12.6. The molecule has 8 heteroatoms. The number of anilines is 1. The van der Waals surface area contributed by atoms with Crippen molar-refractivity contribution >= 4 is 23.5 Å². The first kappa shape index (κ1) is 23.2. The van der Waals surface area contributed by atoms with E-state index in [1.54, 1.807) is 25.8 Å². The predicted octanol–water partition coefficient (Wildman–Crippen LogP) is 5.24. The lowest BCUT2D eigenvalue weighted by atomic mass is 9.93. The predicted molar refractivity (Wildman–Crippen MR) is 124 cm³/mol. The van der Waals surface area contributed by atoms with Gasteiger partial charge in [0.05, 0.1) is 13.7 Å². The van der Waals surface area contributed by atoms with Crippen molar-refractivity contribution in [2.75, 3.05) is 24.8 Å². The van der Waals surface area contributed by atoms with E-state index in [0.29, 0.717) is 34.8 Å². The zero-order valence-corrected chi connectivity index (χ0v) is 19.8. The third-order valence-electron chi connectivity index (χ3n) is 5.20. The molecular formula is C23H32N4O3S. The number of rotatable bonds is 11. The van der Waals surface area contributed by atoms with Crippen molar-refractivity contribution in [1.29, 1.82) is 0 Å². The number of hydrogen-bond acceptors (Lipinski definition) is 7. The Balaban J connectivity index is 2.00. The van der Waals surface area contributed by atoms with Gasteiger partial charge in [0.25, 0.3) is 0 Å². The number of allylic oxidation sites excluding steroid dienone is 2. The highest BCUT2D eigenvalue weighted by molar-refractivity contribution is 7.99. The molecule has 0 spiro atoms. The zero-order chi connectivity index (χ0) is 22.4. The number of fused-ring (bicyclic) bond motifs is 1. The SMILES string of the molecule is CCCCOc1ccc(C2C(C(C)=O)=C(C)Nc3nc(SCCCC)nn32)cc1OC. The monoisotopic (exact) mass is 444 g/mol. The Morgan fingerprint density at radius 1 is 1.23 bits per heavy atom. The van der Waals surface area contributed by atoms with Gasteiger partial charge in [0, 0.05) is 17.0 Å². The first-order valence-corrected chi connectivity index (χ1v) is 11.9. The highest BCUT2D eigenvalue weighted by Crippen LogP contribution is 2.39. The summed E-state index contributed by atoms with van der Waals surface area (Å²) in [5, 5.41) is 8.70. The van der Waals surface area contributed by atoms with E-state index >= 15 is 0 Å². The van der Waals surface area contributed by atoms with Crippen molar-refractivity contribution in [2.24, 2.45) is 0 Å². The number of aromatic nitrogens is 3. The van der Waals surface area contributed by atoms with Gasteiger partial charge in [-0.3, -0.25) is 4.79 Å². The van der Waals surface area contributed by atoms with Crippen molar-refractivity contribution in [2.45, 2.75) is 64.6 Å². The molecule has 1 aromatic heterocycles. The molecule has 3 rings (SSSR count). The Morgan fingerprint density at radius 2 is 2.00 bits per heavy atom. The summed E-state index contributed by atoms with van der Waals surface area (Å²) in [5.41, 5.74) is 2.37. The number of carbonyl (C=O) groups is 1. The molecule has 0 saturated carbocycles. The van der Waals surface area contributed by atoms with Crippen LogP contribution in [-0.4, -0.2) is 40.0 Å². The third kappa shape index (κ3) is 5.23. The number of nitrogens with one attached hydrogen (secondary N) is 1. The first-order chi connectivity index (χ1) is 15.0. The lowest BCUT2D eigenvalue weighted by molar-refractivity contribution is -0.114. The van der Waals surface area contributed by atoms with Crippen molar-refractivity contribution in [3.63, 3.8) is 0 Å². The summed E-state index contributed by atoms with van der Waals surface area (Å²) >= 11 is 1.64. The number of methoxy groups -OCH3 is 1. The molecule has 2 aromatic rings. The molecule has 0 aliphatic carbocycles. The lowest BCUT2D eigenvalue weighted by Gasteiger charge is -2.28. The van der Waals surface area contributed by atoms with Crippen LogP contribution in [0.1, 0.15) is 65.0 Å². The van der Waals surface area contributed by atoms with Crippen molar-refractivity contribution < 1.29 is 14.3 Å². The van der Waals surface area contributed by atoms with E-state index in [1.165, 1.54) is 0 Å². The fourth-order valence-corrected chi connectivity index (χ4v) is 4.48. The normalized spacial score (nSPS) is 15.5. The summed E-state index contributed by atoms with van der Waals surface area (Å²) in [6.07, 6.45) is 4.28. The highest BCUT2D eigenvalue weighted by atomic mass is 32.2. The average molecular weight is 445 g/mol. The van der Waals surface area contributed by atoms with E-state index in [2.05, 4.69) is 24.1 Å². The molecule has 0 amide bonds. The number of Topliss-reactive ketones (excluding diaryl/α,β-unsaturated/α-hetero) is 1. The highest BCUT2D eigenvalue weighted by Gasteiger charge is 2.33. The van der Waals surface area contributed by atoms with E-state index in [1.807, 2.05) is 29.8 Å². The number of ether oxygens (including phenoxy) is 2. The van der Waals surface area contributed by atoms with Crippen molar-refractivity contribution in [1.82, 2.24) is 14.8 Å². The van der Waals surface area contributed by atoms with Crippen molar-refractivity contribution in [3.05, 3.63) is 35.0 Å². The molecule has 7 nitrogen and oxygen atoms in total. The van der Waals surface area contributed by atoms with Gasteiger partial charge in [-0.25, -0.2) is 4.68 Å². The molecule has 0 saturated heterocycles. The van der Waals surface area contributed by atoms with E-state index in [-0.39, 0.29) is 11.8 Å². The molecule has 0 bridgehead atoms. The Labute approximate surface area is 188 Å². The molecule has 1 aliphatic rings. The molecule has 31 heavy (non-hydrogen) atoms. The molecule has 2 heterocycles. The van der Waals surface area contributed by atoms with E-state index in [0.717, 1.165) is 42.7 Å². The molecule has 0 radical (unpaired) electrons. The van der Waals surface area contributed by atoms with E-state index < -0.39 is 0 Å². The van der Waals surface area contributed by atoms with Gasteiger partial charge < -0.3 is 14.8 Å².